The van der Waals surface area contributed by atoms with Gasteiger partial charge in [-0.15, -0.1) is 0 Å². The monoisotopic (exact) mass is 232 g/mol. The molecule has 0 N–H and O–H groups in total. The molecule has 0 atom stereocenters. The van der Waals surface area contributed by atoms with Gasteiger partial charge in [-0.05, 0) is 25.1 Å². The van der Waals surface area contributed by atoms with Crippen molar-refractivity contribution in [2.45, 2.75) is 13.3 Å². The van der Waals surface area contributed by atoms with Crippen LogP contribution in [0.15, 0.2) is 28.7 Å². The molecule has 0 aliphatic heterocycles. The summed E-state index contributed by atoms with van der Waals surface area (Å²) in [7, 11) is 1.55. The lowest BCUT2D eigenvalue weighted by Gasteiger charge is -1.98. The summed E-state index contributed by atoms with van der Waals surface area (Å²) in [5.41, 5.74) is 0.580. The number of methoxy groups -OCH3 is 1. The molecule has 0 radical (unpaired) electrons. The smallest absolute Gasteiger partial charge is 0.205 e. The molecule has 1 aromatic heterocycles. The average Bonchev–Trinajstić information content (AvgIpc) is 2.71. The van der Waals surface area contributed by atoms with E-state index < -0.39 is 0 Å². The summed E-state index contributed by atoms with van der Waals surface area (Å²) >= 11 is 0. The van der Waals surface area contributed by atoms with Crippen molar-refractivity contribution in [1.82, 2.24) is 0 Å². The lowest BCUT2D eigenvalue weighted by atomic mass is 10.1. The molecule has 2 rings (SSSR count). The summed E-state index contributed by atoms with van der Waals surface area (Å²) in [5, 5.41) is 0.738. The van der Waals surface area contributed by atoms with E-state index in [1.807, 2.05) is 0 Å². The van der Waals surface area contributed by atoms with Gasteiger partial charge in [-0.1, -0.05) is 6.07 Å². The van der Waals surface area contributed by atoms with Gasteiger partial charge >= 0.3 is 0 Å². The molecular formula is C13H12O4. The molecule has 0 unspecified atom stereocenters. The molecule has 0 spiro atoms. The van der Waals surface area contributed by atoms with Crippen LogP contribution in [0.4, 0.5) is 0 Å². The molecule has 2 aromatic rings. The highest BCUT2D eigenvalue weighted by Crippen LogP contribution is 2.28. The SMILES string of the molecule is COc1cccc2oc(C(=O)CC(C)=O)cc12. The van der Waals surface area contributed by atoms with Gasteiger partial charge < -0.3 is 9.15 Å². The number of benzene rings is 1. The minimum absolute atomic E-state index is 0.137. The van der Waals surface area contributed by atoms with E-state index in [0.717, 1.165) is 5.39 Å². The van der Waals surface area contributed by atoms with Crippen molar-refractivity contribution in [1.29, 1.82) is 0 Å². The van der Waals surface area contributed by atoms with Crippen molar-refractivity contribution >= 4 is 22.5 Å². The Labute approximate surface area is 98.2 Å². The summed E-state index contributed by atoms with van der Waals surface area (Å²) in [4.78, 5) is 22.5. The van der Waals surface area contributed by atoms with Crippen molar-refractivity contribution in [2.24, 2.45) is 0 Å². The Balaban J connectivity index is 2.44. The Bertz CT molecular complexity index is 580. The molecule has 4 nitrogen and oxygen atoms in total. The van der Waals surface area contributed by atoms with Gasteiger partial charge in [0.05, 0.1) is 18.9 Å². The summed E-state index contributed by atoms with van der Waals surface area (Å²) in [6.45, 7) is 1.38. The fraction of sp³-hybridized carbons (Fsp3) is 0.231. The number of carbonyl (C=O) groups excluding carboxylic acids is 2. The van der Waals surface area contributed by atoms with Crippen molar-refractivity contribution in [2.75, 3.05) is 7.11 Å². The number of furan rings is 1. The van der Waals surface area contributed by atoms with Crippen LogP contribution in [-0.4, -0.2) is 18.7 Å². The number of ether oxygens (including phenoxy) is 1. The lowest BCUT2D eigenvalue weighted by Crippen LogP contribution is -2.03. The van der Waals surface area contributed by atoms with E-state index >= 15 is 0 Å². The van der Waals surface area contributed by atoms with Crippen LogP contribution in [0.2, 0.25) is 0 Å². The van der Waals surface area contributed by atoms with Crippen LogP contribution in [-0.2, 0) is 4.79 Å². The quantitative estimate of drug-likeness (QED) is 0.600. The van der Waals surface area contributed by atoms with Crippen LogP contribution in [0, 0.1) is 0 Å². The van der Waals surface area contributed by atoms with Crippen molar-refractivity contribution in [3.63, 3.8) is 0 Å². The zero-order valence-electron chi connectivity index (χ0n) is 9.65. The Hall–Kier alpha value is -2.10. The molecule has 4 heteroatoms. The maximum Gasteiger partial charge on any atom is 0.205 e. The highest BCUT2D eigenvalue weighted by molar-refractivity contribution is 6.07. The Morgan fingerprint density at radius 3 is 2.76 bits per heavy atom. The van der Waals surface area contributed by atoms with E-state index in [-0.39, 0.29) is 23.7 Å². The van der Waals surface area contributed by atoms with Gasteiger partial charge in [0.1, 0.15) is 17.1 Å². The number of rotatable bonds is 4. The number of hydrogen-bond donors (Lipinski definition) is 0. The van der Waals surface area contributed by atoms with E-state index in [9.17, 15) is 9.59 Å². The van der Waals surface area contributed by atoms with E-state index in [1.165, 1.54) is 6.92 Å². The highest BCUT2D eigenvalue weighted by Gasteiger charge is 2.15. The maximum absolute atomic E-state index is 11.7. The Morgan fingerprint density at radius 2 is 2.12 bits per heavy atom. The lowest BCUT2D eigenvalue weighted by molar-refractivity contribution is -0.116. The molecule has 17 heavy (non-hydrogen) atoms. The third kappa shape index (κ3) is 2.20. The largest absolute Gasteiger partial charge is 0.496 e. The van der Waals surface area contributed by atoms with Gasteiger partial charge in [-0.2, -0.15) is 0 Å². The number of carbonyl (C=O) groups is 2. The van der Waals surface area contributed by atoms with Crippen LogP contribution in [0.3, 0.4) is 0 Å². The van der Waals surface area contributed by atoms with Gasteiger partial charge in [0.2, 0.25) is 5.78 Å². The predicted molar refractivity (Wildman–Crippen MR) is 62.4 cm³/mol. The molecule has 1 heterocycles. The molecular weight excluding hydrogens is 220 g/mol. The molecule has 0 bridgehead atoms. The number of hydrogen-bond acceptors (Lipinski definition) is 4. The van der Waals surface area contributed by atoms with Gasteiger partial charge in [-0.25, -0.2) is 0 Å². The summed E-state index contributed by atoms with van der Waals surface area (Å²) in [6.07, 6.45) is -0.137. The summed E-state index contributed by atoms with van der Waals surface area (Å²) in [6, 6.07) is 6.93. The first-order chi connectivity index (χ1) is 8.11. The van der Waals surface area contributed by atoms with Crippen LogP contribution < -0.4 is 4.74 Å². The van der Waals surface area contributed by atoms with E-state index in [2.05, 4.69) is 0 Å². The molecule has 0 saturated carbocycles. The average molecular weight is 232 g/mol. The fourth-order valence-corrected chi connectivity index (χ4v) is 1.66. The van der Waals surface area contributed by atoms with Crippen LogP contribution in [0.25, 0.3) is 11.0 Å². The van der Waals surface area contributed by atoms with Crippen LogP contribution in [0.1, 0.15) is 23.9 Å². The minimum Gasteiger partial charge on any atom is -0.496 e. The number of fused-ring (bicyclic) bond motifs is 1. The van der Waals surface area contributed by atoms with Crippen LogP contribution in [0.5, 0.6) is 5.75 Å². The van der Waals surface area contributed by atoms with Crippen molar-refractivity contribution in [3.8, 4) is 5.75 Å². The van der Waals surface area contributed by atoms with Gasteiger partial charge in [0, 0.05) is 0 Å². The molecule has 1 aromatic carbocycles. The second-order valence-corrected chi connectivity index (χ2v) is 3.78. The topological polar surface area (TPSA) is 56.5 Å². The first kappa shape index (κ1) is 11.4. The van der Waals surface area contributed by atoms with Gasteiger partial charge in [0.25, 0.3) is 0 Å². The third-order valence-corrected chi connectivity index (χ3v) is 2.43. The fourth-order valence-electron chi connectivity index (χ4n) is 1.66. The molecule has 88 valence electrons. The third-order valence-electron chi connectivity index (χ3n) is 2.43. The normalized spacial score (nSPS) is 10.5. The summed E-state index contributed by atoms with van der Waals surface area (Å²) < 4.78 is 10.6. The second kappa shape index (κ2) is 4.41. The molecule has 0 aliphatic rings. The van der Waals surface area contributed by atoms with E-state index in [0.29, 0.717) is 11.3 Å². The first-order valence-corrected chi connectivity index (χ1v) is 5.21. The number of ketones is 2. The molecule has 0 fully saturated rings. The zero-order chi connectivity index (χ0) is 12.4. The van der Waals surface area contributed by atoms with E-state index in [4.69, 9.17) is 9.15 Å². The second-order valence-electron chi connectivity index (χ2n) is 3.78. The maximum atomic E-state index is 11.7. The van der Waals surface area contributed by atoms with Gasteiger partial charge in [0.15, 0.2) is 5.76 Å². The predicted octanol–water partition coefficient (Wildman–Crippen LogP) is 2.60. The standard InChI is InChI=1S/C13H12O4/c1-8(14)6-10(15)13-7-9-11(16-2)4-3-5-12(9)17-13/h3-5,7H,6H2,1-2H3. The van der Waals surface area contributed by atoms with Gasteiger partial charge in [-0.3, -0.25) is 9.59 Å². The Morgan fingerprint density at radius 1 is 1.35 bits per heavy atom. The summed E-state index contributed by atoms with van der Waals surface area (Å²) in [5.74, 6) is 0.353. The Kier molecular flexibility index (Phi) is 2.95. The van der Waals surface area contributed by atoms with Crippen molar-refractivity contribution < 1.29 is 18.7 Å². The number of Topliss-reactive ketones (excluding diaryl/α,β-unsaturated/α-hetero) is 2. The zero-order valence-corrected chi connectivity index (χ0v) is 9.65. The molecule has 0 aliphatic carbocycles. The molecule has 0 amide bonds. The minimum atomic E-state index is -0.309. The van der Waals surface area contributed by atoms with E-state index in [1.54, 1.807) is 31.4 Å². The van der Waals surface area contributed by atoms with Crippen LogP contribution >= 0.6 is 0 Å². The first-order valence-electron chi connectivity index (χ1n) is 5.21. The van der Waals surface area contributed by atoms with Crippen molar-refractivity contribution in [3.05, 3.63) is 30.0 Å². The highest BCUT2D eigenvalue weighted by atomic mass is 16.5. The molecule has 0 saturated heterocycles.